The summed E-state index contributed by atoms with van der Waals surface area (Å²) in [6.45, 7) is 0.576. The van der Waals surface area contributed by atoms with Crippen molar-refractivity contribution in [1.29, 1.82) is 0 Å². The van der Waals surface area contributed by atoms with Crippen LogP contribution in [-0.4, -0.2) is 8.30 Å². The van der Waals surface area contributed by atoms with Gasteiger partial charge in [0.2, 0.25) is 5.52 Å². The fraction of sp³-hybridized carbons (Fsp3) is 0.111. The van der Waals surface area contributed by atoms with Crippen molar-refractivity contribution in [3.05, 3.63) is 78.0 Å². The Morgan fingerprint density at radius 2 is 1.58 bits per heavy atom. The smallest absolute Gasteiger partial charge is 0.406 e. The molecule has 0 N–H and O–H groups in total. The summed E-state index contributed by atoms with van der Waals surface area (Å²) in [6, 6.07) is 21.7. The van der Waals surface area contributed by atoms with Gasteiger partial charge in [-0.1, -0.05) is 42.5 Å². The van der Waals surface area contributed by atoms with Gasteiger partial charge in [0.25, 0.3) is 8.02 Å². The van der Waals surface area contributed by atoms with Crippen molar-refractivity contribution in [2.45, 2.75) is 8.87 Å². The molecule has 6 heteroatoms. The SMILES string of the molecule is O=C(OC(Br)(Br)Br)c1ccc2ccccc2[n+]1Cc1ccccc1. The molecule has 0 radical (unpaired) electrons. The molecule has 3 nitrogen and oxygen atoms in total. The molecule has 3 aromatic rings. The van der Waals surface area contributed by atoms with Crippen LogP contribution >= 0.6 is 47.8 Å². The van der Waals surface area contributed by atoms with E-state index in [4.69, 9.17) is 4.74 Å². The monoisotopic (exact) mass is 512 g/mol. The number of hydrogen-bond donors (Lipinski definition) is 0. The highest BCUT2D eigenvalue weighted by atomic mass is 80.0. The molecule has 0 aliphatic heterocycles. The predicted octanol–water partition coefficient (Wildman–Crippen LogP) is 5.13. The van der Waals surface area contributed by atoms with Gasteiger partial charge < -0.3 is 4.74 Å². The number of pyridine rings is 1. The summed E-state index contributed by atoms with van der Waals surface area (Å²) in [5.74, 6) is -0.442. The lowest BCUT2D eigenvalue weighted by Crippen LogP contribution is -2.42. The number of benzene rings is 2. The van der Waals surface area contributed by atoms with E-state index in [1.165, 1.54) is 0 Å². The van der Waals surface area contributed by atoms with Crippen molar-refractivity contribution in [3.63, 3.8) is 0 Å². The summed E-state index contributed by atoms with van der Waals surface area (Å²) in [6.07, 6.45) is 0. The predicted molar refractivity (Wildman–Crippen MR) is 105 cm³/mol. The summed E-state index contributed by atoms with van der Waals surface area (Å²) in [4.78, 5) is 12.6. The van der Waals surface area contributed by atoms with Gasteiger partial charge in [-0.3, -0.25) is 0 Å². The Morgan fingerprint density at radius 1 is 0.917 bits per heavy atom. The van der Waals surface area contributed by atoms with E-state index in [1.54, 1.807) is 6.07 Å². The standard InChI is InChI=1S/C18H13Br3NO2/c19-18(20,21)24-17(23)16-11-10-14-8-4-5-9-15(14)22(16)12-13-6-2-1-3-7-13/h1-11H,12H2/q+1. The van der Waals surface area contributed by atoms with E-state index < -0.39 is 8.30 Å². The zero-order valence-electron chi connectivity index (χ0n) is 12.5. The molecule has 1 aromatic heterocycles. The number of alkyl halides is 3. The van der Waals surface area contributed by atoms with Gasteiger partial charge in [0, 0.05) is 23.1 Å². The second kappa shape index (κ2) is 7.33. The van der Waals surface area contributed by atoms with E-state index in [9.17, 15) is 4.79 Å². The highest BCUT2D eigenvalue weighted by Crippen LogP contribution is 2.35. The van der Waals surface area contributed by atoms with Crippen LogP contribution in [0.1, 0.15) is 16.1 Å². The number of rotatable bonds is 3. The summed E-state index contributed by atoms with van der Waals surface area (Å²) in [7, 11) is 0. The van der Waals surface area contributed by atoms with Crippen LogP contribution in [-0.2, 0) is 11.3 Å². The van der Waals surface area contributed by atoms with Crippen LogP contribution in [0.25, 0.3) is 10.9 Å². The van der Waals surface area contributed by atoms with Gasteiger partial charge in [0.15, 0.2) is 6.54 Å². The molecule has 3 rings (SSSR count). The highest BCUT2D eigenvalue weighted by Gasteiger charge is 2.30. The van der Waals surface area contributed by atoms with Crippen LogP contribution in [0.4, 0.5) is 0 Å². The average molecular weight is 515 g/mol. The molecule has 2 aromatic carbocycles. The van der Waals surface area contributed by atoms with Crippen LogP contribution in [0.2, 0.25) is 0 Å². The van der Waals surface area contributed by atoms with E-state index in [0.29, 0.717) is 12.2 Å². The molecular formula is C18H13Br3NO2+. The largest absolute Gasteiger partial charge is 0.419 e. The molecule has 1 heterocycles. The first-order valence-electron chi connectivity index (χ1n) is 7.20. The first kappa shape index (κ1) is 17.6. The van der Waals surface area contributed by atoms with Gasteiger partial charge in [0.05, 0.1) is 0 Å². The van der Waals surface area contributed by atoms with Gasteiger partial charge in [-0.2, -0.15) is 4.57 Å². The Balaban J connectivity index is 2.11. The third-order valence-electron chi connectivity index (χ3n) is 3.54. The number of esters is 1. The fourth-order valence-corrected chi connectivity index (χ4v) is 2.98. The van der Waals surface area contributed by atoms with E-state index in [0.717, 1.165) is 16.5 Å². The van der Waals surface area contributed by atoms with Gasteiger partial charge in [0.1, 0.15) is 0 Å². The molecule has 0 aliphatic rings. The molecule has 0 unspecified atom stereocenters. The Labute approximate surface area is 165 Å². The Hall–Kier alpha value is -1.24. The summed E-state index contributed by atoms with van der Waals surface area (Å²) < 4.78 is 6.22. The van der Waals surface area contributed by atoms with Crippen molar-refractivity contribution in [2.75, 3.05) is 0 Å². The van der Waals surface area contributed by atoms with Gasteiger partial charge >= 0.3 is 5.97 Å². The molecule has 0 bridgehead atoms. The van der Waals surface area contributed by atoms with Crippen LogP contribution in [0.15, 0.2) is 66.7 Å². The molecule has 0 saturated heterocycles. The van der Waals surface area contributed by atoms with Gasteiger partial charge in [-0.05, 0) is 59.9 Å². The molecule has 0 atom stereocenters. The topological polar surface area (TPSA) is 30.2 Å². The number of ether oxygens (including phenoxy) is 1. The molecule has 0 fully saturated rings. The maximum atomic E-state index is 12.6. The first-order valence-corrected chi connectivity index (χ1v) is 9.57. The third kappa shape index (κ3) is 4.23. The van der Waals surface area contributed by atoms with E-state index in [1.807, 2.05) is 65.2 Å². The number of fused-ring (bicyclic) bond motifs is 1. The van der Waals surface area contributed by atoms with E-state index >= 15 is 0 Å². The molecule has 0 spiro atoms. The zero-order valence-corrected chi connectivity index (χ0v) is 17.2. The zero-order chi connectivity index (χ0) is 17.2. The Kier molecular flexibility index (Phi) is 5.37. The quantitative estimate of drug-likeness (QED) is 0.276. The van der Waals surface area contributed by atoms with E-state index in [-0.39, 0.29) is 0 Å². The van der Waals surface area contributed by atoms with Crippen molar-refractivity contribution in [2.24, 2.45) is 0 Å². The minimum atomic E-state index is -1.08. The van der Waals surface area contributed by atoms with Crippen LogP contribution in [0.3, 0.4) is 0 Å². The number of halogens is 3. The lowest BCUT2D eigenvalue weighted by molar-refractivity contribution is -0.665. The van der Waals surface area contributed by atoms with Crippen LogP contribution < -0.4 is 4.57 Å². The third-order valence-corrected chi connectivity index (χ3v) is 4.03. The second-order valence-electron chi connectivity index (χ2n) is 5.18. The van der Waals surface area contributed by atoms with Gasteiger partial charge in [-0.25, -0.2) is 4.79 Å². The Morgan fingerprint density at radius 3 is 2.29 bits per heavy atom. The number of carbonyl (C=O) groups is 1. The molecule has 122 valence electrons. The van der Waals surface area contributed by atoms with Crippen LogP contribution in [0.5, 0.6) is 0 Å². The van der Waals surface area contributed by atoms with E-state index in [2.05, 4.69) is 47.8 Å². The molecule has 24 heavy (non-hydrogen) atoms. The molecule has 0 amide bonds. The maximum absolute atomic E-state index is 12.6. The minimum absolute atomic E-state index is 0.442. The minimum Gasteiger partial charge on any atom is -0.419 e. The number of aromatic nitrogens is 1. The first-order chi connectivity index (χ1) is 11.4. The highest BCUT2D eigenvalue weighted by molar-refractivity contribution is 9.39. The lowest BCUT2D eigenvalue weighted by atomic mass is 10.1. The number of nitrogens with zero attached hydrogens (tertiary/aromatic N) is 1. The normalized spacial score (nSPS) is 11.5. The fourth-order valence-electron chi connectivity index (χ4n) is 2.53. The van der Waals surface area contributed by atoms with Crippen molar-refractivity contribution < 1.29 is 14.1 Å². The molecule has 0 saturated carbocycles. The van der Waals surface area contributed by atoms with Crippen molar-refractivity contribution in [3.8, 4) is 0 Å². The molecular weight excluding hydrogens is 502 g/mol. The lowest BCUT2D eigenvalue weighted by Gasteiger charge is -2.13. The van der Waals surface area contributed by atoms with Crippen LogP contribution in [0, 0.1) is 0 Å². The molecule has 0 aliphatic carbocycles. The van der Waals surface area contributed by atoms with Gasteiger partial charge in [-0.15, -0.1) is 0 Å². The second-order valence-corrected chi connectivity index (χ2v) is 11.7. The summed E-state index contributed by atoms with van der Waals surface area (Å²) in [5.41, 5.74) is 2.55. The Bertz CT molecular complexity index is 876. The number of carbonyl (C=O) groups excluding carboxylic acids is 1. The van der Waals surface area contributed by atoms with Crippen molar-refractivity contribution >= 4 is 64.7 Å². The summed E-state index contributed by atoms with van der Waals surface area (Å²) >= 11 is 9.60. The summed E-state index contributed by atoms with van der Waals surface area (Å²) in [5, 5.41) is 1.06. The van der Waals surface area contributed by atoms with Crippen molar-refractivity contribution in [1.82, 2.24) is 0 Å². The number of para-hydroxylation sites is 1. The number of hydrogen-bond acceptors (Lipinski definition) is 2. The average Bonchev–Trinajstić information content (AvgIpc) is 2.54. The maximum Gasteiger partial charge on any atom is 0.406 e.